The van der Waals surface area contributed by atoms with Crippen molar-refractivity contribution in [3.63, 3.8) is 0 Å². The van der Waals surface area contributed by atoms with Crippen LogP contribution in [0.3, 0.4) is 0 Å². The minimum absolute atomic E-state index is 0.179. The summed E-state index contributed by atoms with van der Waals surface area (Å²) in [7, 11) is 0. The summed E-state index contributed by atoms with van der Waals surface area (Å²) in [5, 5.41) is 0.601. The first kappa shape index (κ1) is 19.5. The van der Waals surface area contributed by atoms with E-state index in [0.717, 1.165) is 17.7 Å². The van der Waals surface area contributed by atoms with Crippen molar-refractivity contribution >= 4 is 29.1 Å². The highest BCUT2D eigenvalue weighted by Crippen LogP contribution is 2.30. The second kappa shape index (κ2) is 8.70. The zero-order valence-electron chi connectivity index (χ0n) is 16.0. The molecule has 29 heavy (non-hydrogen) atoms. The predicted octanol–water partition coefficient (Wildman–Crippen LogP) is 3.75. The van der Waals surface area contributed by atoms with Crippen molar-refractivity contribution in [2.24, 2.45) is 5.92 Å². The maximum absolute atomic E-state index is 12.4. The number of benzene rings is 2. The molecule has 1 atom stereocenters. The van der Waals surface area contributed by atoms with Gasteiger partial charge in [-0.2, -0.15) is 0 Å². The summed E-state index contributed by atoms with van der Waals surface area (Å²) in [6.07, 6.45) is 3.35. The molecule has 1 amide bonds. The second-order valence-corrected chi connectivity index (χ2v) is 7.69. The first-order valence-corrected chi connectivity index (χ1v) is 10.1. The molecule has 2 heterocycles. The molecule has 4 rings (SSSR count). The van der Waals surface area contributed by atoms with Crippen LogP contribution in [-0.2, 0) is 20.7 Å². The van der Waals surface area contributed by atoms with Gasteiger partial charge in [-0.3, -0.25) is 9.59 Å². The number of ether oxygens (including phenoxy) is 2. The second-order valence-electron chi connectivity index (χ2n) is 7.26. The summed E-state index contributed by atoms with van der Waals surface area (Å²) >= 11 is 6.02. The van der Waals surface area contributed by atoms with E-state index in [0.29, 0.717) is 24.5 Å². The van der Waals surface area contributed by atoms with Crippen molar-refractivity contribution < 1.29 is 19.1 Å². The Labute approximate surface area is 174 Å². The van der Waals surface area contributed by atoms with Gasteiger partial charge in [-0.25, -0.2) is 0 Å². The third kappa shape index (κ3) is 4.62. The van der Waals surface area contributed by atoms with Crippen molar-refractivity contribution in [2.75, 3.05) is 26.3 Å². The Morgan fingerprint density at radius 3 is 2.76 bits per heavy atom. The van der Waals surface area contributed by atoms with Crippen LogP contribution in [0.1, 0.15) is 17.5 Å². The molecule has 0 radical (unpaired) electrons. The van der Waals surface area contributed by atoms with Crippen molar-refractivity contribution in [1.29, 1.82) is 0 Å². The van der Waals surface area contributed by atoms with Gasteiger partial charge in [0, 0.05) is 18.1 Å². The van der Waals surface area contributed by atoms with E-state index in [1.165, 1.54) is 11.1 Å². The highest BCUT2D eigenvalue weighted by atomic mass is 35.5. The number of hydrogen-bond donors (Lipinski definition) is 0. The van der Waals surface area contributed by atoms with E-state index < -0.39 is 11.9 Å². The highest BCUT2D eigenvalue weighted by Gasteiger charge is 2.28. The molecule has 150 valence electrons. The summed E-state index contributed by atoms with van der Waals surface area (Å²) in [5.74, 6) is -0.285. The fourth-order valence-corrected chi connectivity index (χ4v) is 3.86. The van der Waals surface area contributed by atoms with Crippen LogP contribution in [0.15, 0.2) is 54.6 Å². The highest BCUT2D eigenvalue weighted by molar-refractivity contribution is 6.30. The Kier molecular flexibility index (Phi) is 5.86. The Hall–Kier alpha value is -2.79. The van der Waals surface area contributed by atoms with E-state index in [1.807, 2.05) is 18.2 Å². The molecule has 5 nitrogen and oxygen atoms in total. The average molecular weight is 412 g/mol. The molecule has 2 aliphatic rings. The van der Waals surface area contributed by atoms with Crippen LogP contribution in [-0.4, -0.2) is 43.1 Å². The molecule has 0 aliphatic carbocycles. The van der Waals surface area contributed by atoms with Crippen LogP contribution >= 0.6 is 11.6 Å². The van der Waals surface area contributed by atoms with Gasteiger partial charge in [-0.1, -0.05) is 48.0 Å². The minimum Gasteiger partial charge on any atom is -0.492 e. The molecular formula is C23H22ClNO4. The van der Waals surface area contributed by atoms with Crippen molar-refractivity contribution in [3.05, 3.63) is 70.8 Å². The molecule has 6 heteroatoms. The number of halogens is 1. The zero-order valence-corrected chi connectivity index (χ0v) is 16.7. The van der Waals surface area contributed by atoms with Crippen LogP contribution < -0.4 is 4.74 Å². The van der Waals surface area contributed by atoms with E-state index >= 15 is 0 Å². The number of nitrogens with zero attached hydrogens (tertiary/aromatic N) is 1. The Balaban J connectivity index is 1.28. The number of esters is 1. The quantitative estimate of drug-likeness (QED) is 0.719. The van der Waals surface area contributed by atoms with Crippen LogP contribution in [0.5, 0.6) is 5.75 Å². The molecule has 0 N–H and O–H groups in total. The number of carbonyl (C=O) groups is 2. The topological polar surface area (TPSA) is 55.8 Å². The number of hydrogen-bond acceptors (Lipinski definition) is 4. The first-order valence-electron chi connectivity index (χ1n) is 9.70. The van der Waals surface area contributed by atoms with Gasteiger partial charge in [-0.05, 0) is 47.7 Å². The summed E-state index contributed by atoms with van der Waals surface area (Å²) in [6, 6.07) is 15.5. The number of carbonyl (C=O) groups excluding carboxylic acids is 2. The molecule has 0 saturated carbocycles. The molecular weight excluding hydrogens is 390 g/mol. The summed E-state index contributed by atoms with van der Waals surface area (Å²) in [5.41, 5.74) is 3.30. The molecule has 0 bridgehead atoms. The van der Waals surface area contributed by atoms with Crippen molar-refractivity contribution in [3.8, 4) is 5.75 Å². The lowest BCUT2D eigenvalue weighted by Crippen LogP contribution is -2.39. The number of fused-ring (bicyclic) bond motifs is 1. The fourth-order valence-electron chi connectivity index (χ4n) is 3.67. The summed E-state index contributed by atoms with van der Waals surface area (Å²) < 4.78 is 10.9. The largest absolute Gasteiger partial charge is 0.492 e. The lowest BCUT2D eigenvalue weighted by atomic mass is 9.97. The van der Waals surface area contributed by atoms with Gasteiger partial charge < -0.3 is 14.4 Å². The Morgan fingerprint density at radius 1 is 1.17 bits per heavy atom. The fraction of sp³-hybridized carbons (Fsp3) is 0.304. The van der Waals surface area contributed by atoms with E-state index in [-0.39, 0.29) is 19.1 Å². The van der Waals surface area contributed by atoms with Gasteiger partial charge in [0.05, 0.1) is 5.92 Å². The molecule has 0 fully saturated rings. The van der Waals surface area contributed by atoms with E-state index in [9.17, 15) is 9.59 Å². The zero-order chi connectivity index (χ0) is 20.2. The molecule has 0 aromatic heterocycles. The molecule has 0 unspecified atom stereocenters. The van der Waals surface area contributed by atoms with Crippen molar-refractivity contribution in [1.82, 2.24) is 4.90 Å². The Bertz CT molecular complexity index is 941. The molecule has 0 spiro atoms. The van der Waals surface area contributed by atoms with Crippen LogP contribution in [0.25, 0.3) is 5.57 Å². The lowest BCUT2D eigenvalue weighted by Gasteiger charge is -2.27. The van der Waals surface area contributed by atoms with E-state index in [1.54, 1.807) is 23.1 Å². The van der Waals surface area contributed by atoms with Crippen LogP contribution in [0.2, 0.25) is 5.02 Å². The third-order valence-electron chi connectivity index (χ3n) is 5.31. The molecule has 2 aromatic rings. The van der Waals surface area contributed by atoms with E-state index in [4.69, 9.17) is 21.1 Å². The normalized spacial score (nSPS) is 18.3. The van der Waals surface area contributed by atoms with Gasteiger partial charge in [0.25, 0.3) is 5.91 Å². The maximum Gasteiger partial charge on any atom is 0.313 e. The lowest BCUT2D eigenvalue weighted by molar-refractivity contribution is -0.156. The third-order valence-corrected chi connectivity index (χ3v) is 5.54. The molecule has 0 saturated heterocycles. The van der Waals surface area contributed by atoms with Crippen molar-refractivity contribution in [2.45, 2.75) is 12.8 Å². The number of amides is 1. The standard InChI is InChI=1S/C23H22ClNO4/c24-20-6-7-21-18(13-20)12-19(14-28-21)23(27)29-15-22(26)25-10-8-17(9-11-25)16-4-2-1-3-5-16/h1-8,13,19H,9-12,14-15H2/t19-/m0/s1. The summed E-state index contributed by atoms with van der Waals surface area (Å²) in [6.45, 7) is 1.15. The van der Waals surface area contributed by atoms with Gasteiger partial charge >= 0.3 is 5.97 Å². The van der Waals surface area contributed by atoms with Crippen LogP contribution in [0.4, 0.5) is 0 Å². The minimum atomic E-state index is -0.431. The number of rotatable bonds is 4. The molecule has 2 aromatic carbocycles. The van der Waals surface area contributed by atoms with Crippen LogP contribution in [0, 0.1) is 5.92 Å². The smallest absolute Gasteiger partial charge is 0.313 e. The SMILES string of the molecule is O=C(OCC(=O)N1CC=C(c2ccccc2)CC1)[C@@H]1COc2ccc(Cl)cc2C1. The van der Waals surface area contributed by atoms with Gasteiger partial charge in [0.1, 0.15) is 12.4 Å². The summed E-state index contributed by atoms with van der Waals surface area (Å²) in [4.78, 5) is 26.6. The van der Waals surface area contributed by atoms with Gasteiger partial charge in [0.15, 0.2) is 6.61 Å². The average Bonchev–Trinajstić information content (AvgIpc) is 2.77. The monoisotopic (exact) mass is 411 g/mol. The maximum atomic E-state index is 12.4. The molecule has 2 aliphatic heterocycles. The van der Waals surface area contributed by atoms with E-state index in [2.05, 4.69) is 18.2 Å². The predicted molar refractivity (Wildman–Crippen MR) is 111 cm³/mol. The Morgan fingerprint density at radius 2 is 2.00 bits per heavy atom. The van der Waals surface area contributed by atoms with Gasteiger partial charge in [0.2, 0.25) is 0 Å². The van der Waals surface area contributed by atoms with Gasteiger partial charge in [-0.15, -0.1) is 0 Å². The first-order chi connectivity index (χ1) is 14.1.